The second kappa shape index (κ2) is 5.03. The topological polar surface area (TPSA) is 77.2 Å². The lowest BCUT2D eigenvalue weighted by Crippen LogP contribution is -2.34. The van der Waals surface area contributed by atoms with E-state index in [1.54, 1.807) is 12.3 Å². The lowest BCUT2D eigenvalue weighted by atomic mass is 10.1. The number of nitrogen functional groups attached to an aromatic ring is 1. The molecule has 1 atom stereocenters. The summed E-state index contributed by atoms with van der Waals surface area (Å²) in [4.78, 5) is 15.5. The van der Waals surface area contributed by atoms with Gasteiger partial charge in [0.15, 0.2) is 0 Å². The van der Waals surface area contributed by atoms with Gasteiger partial charge in [0.05, 0.1) is 6.04 Å². The number of rotatable bonds is 2. The van der Waals surface area contributed by atoms with E-state index in [2.05, 4.69) is 10.3 Å². The number of pyridine rings is 1. The van der Waals surface area contributed by atoms with Gasteiger partial charge in [0, 0.05) is 11.8 Å². The van der Waals surface area contributed by atoms with Crippen LogP contribution < -0.4 is 11.1 Å². The molecule has 0 saturated heterocycles. The summed E-state index contributed by atoms with van der Waals surface area (Å²) in [6, 6.07) is 3.36. The number of carbonyl (C=O) groups is 1. The van der Waals surface area contributed by atoms with E-state index in [0.717, 1.165) is 5.56 Å². The molecule has 1 heterocycles. The van der Waals surface area contributed by atoms with Crippen LogP contribution in [0.5, 0.6) is 0 Å². The molecule has 5 nitrogen and oxygen atoms in total. The number of amides is 1. The molecule has 5 heteroatoms. The van der Waals surface area contributed by atoms with Crippen LogP contribution in [0.3, 0.4) is 0 Å². The Bertz CT molecular complexity index is 399. The Labute approximate surface area is 101 Å². The van der Waals surface area contributed by atoms with Crippen LogP contribution in [0.1, 0.15) is 39.3 Å². The summed E-state index contributed by atoms with van der Waals surface area (Å²) >= 11 is 0. The highest BCUT2D eigenvalue weighted by Crippen LogP contribution is 2.17. The van der Waals surface area contributed by atoms with Crippen molar-refractivity contribution in [2.45, 2.75) is 39.3 Å². The Balaban J connectivity index is 2.64. The minimum absolute atomic E-state index is 0.237. The van der Waals surface area contributed by atoms with Crippen molar-refractivity contribution >= 4 is 11.9 Å². The predicted molar refractivity (Wildman–Crippen MR) is 66.4 cm³/mol. The average Bonchev–Trinajstić information content (AvgIpc) is 2.14. The van der Waals surface area contributed by atoms with Crippen molar-refractivity contribution in [2.24, 2.45) is 0 Å². The maximum absolute atomic E-state index is 11.6. The Morgan fingerprint density at radius 1 is 1.53 bits per heavy atom. The van der Waals surface area contributed by atoms with Crippen molar-refractivity contribution < 1.29 is 9.53 Å². The molecular formula is C12H19N3O2. The molecule has 94 valence electrons. The molecular weight excluding hydrogens is 218 g/mol. The number of hydrogen-bond donors (Lipinski definition) is 2. The van der Waals surface area contributed by atoms with Crippen LogP contribution in [0.15, 0.2) is 18.3 Å². The minimum Gasteiger partial charge on any atom is -0.444 e. The van der Waals surface area contributed by atoms with Gasteiger partial charge in [-0.15, -0.1) is 0 Å². The Morgan fingerprint density at radius 3 is 2.71 bits per heavy atom. The summed E-state index contributed by atoms with van der Waals surface area (Å²) < 4.78 is 5.16. The van der Waals surface area contributed by atoms with E-state index in [4.69, 9.17) is 10.5 Å². The standard InChI is InChI=1S/C12H19N3O2/c1-8(9-6-5-7-14-10(9)13)15-11(16)17-12(2,3)4/h5-8H,1-4H3,(H2,13,14)(H,15,16)/t8-/m1/s1. The van der Waals surface area contributed by atoms with Gasteiger partial charge < -0.3 is 15.8 Å². The van der Waals surface area contributed by atoms with Gasteiger partial charge in [-0.2, -0.15) is 0 Å². The van der Waals surface area contributed by atoms with Gasteiger partial charge in [-0.3, -0.25) is 0 Å². The van der Waals surface area contributed by atoms with E-state index in [1.165, 1.54) is 0 Å². The van der Waals surface area contributed by atoms with E-state index in [0.29, 0.717) is 5.82 Å². The summed E-state index contributed by atoms with van der Waals surface area (Å²) in [5, 5.41) is 2.71. The normalized spacial score (nSPS) is 12.9. The van der Waals surface area contributed by atoms with Crippen LogP contribution in [0, 0.1) is 0 Å². The van der Waals surface area contributed by atoms with Crippen LogP contribution in [-0.4, -0.2) is 16.7 Å². The van der Waals surface area contributed by atoms with Crippen molar-refractivity contribution in [1.29, 1.82) is 0 Å². The van der Waals surface area contributed by atoms with Gasteiger partial charge >= 0.3 is 6.09 Å². The van der Waals surface area contributed by atoms with Crippen LogP contribution in [0.4, 0.5) is 10.6 Å². The molecule has 0 saturated carbocycles. The molecule has 0 aliphatic carbocycles. The van der Waals surface area contributed by atoms with Gasteiger partial charge in [0.1, 0.15) is 11.4 Å². The van der Waals surface area contributed by atoms with Crippen LogP contribution in [0.2, 0.25) is 0 Å². The van der Waals surface area contributed by atoms with Gasteiger partial charge in [-0.05, 0) is 33.8 Å². The smallest absolute Gasteiger partial charge is 0.408 e. The monoisotopic (exact) mass is 237 g/mol. The van der Waals surface area contributed by atoms with Crippen molar-refractivity contribution in [3.63, 3.8) is 0 Å². The Kier molecular flexibility index (Phi) is 3.93. The van der Waals surface area contributed by atoms with E-state index in [-0.39, 0.29) is 6.04 Å². The number of alkyl carbamates (subject to hydrolysis) is 1. The molecule has 1 amide bonds. The largest absolute Gasteiger partial charge is 0.444 e. The molecule has 0 aliphatic rings. The number of anilines is 1. The minimum atomic E-state index is -0.510. The van der Waals surface area contributed by atoms with E-state index < -0.39 is 11.7 Å². The fourth-order valence-corrected chi connectivity index (χ4v) is 1.36. The maximum Gasteiger partial charge on any atom is 0.408 e. The second-order valence-electron chi connectivity index (χ2n) is 4.85. The van der Waals surface area contributed by atoms with Crippen LogP contribution in [-0.2, 0) is 4.74 Å². The van der Waals surface area contributed by atoms with Gasteiger partial charge in [-0.25, -0.2) is 9.78 Å². The zero-order valence-electron chi connectivity index (χ0n) is 10.7. The highest BCUT2D eigenvalue weighted by molar-refractivity contribution is 5.68. The Hall–Kier alpha value is -1.78. The van der Waals surface area contributed by atoms with E-state index >= 15 is 0 Å². The summed E-state index contributed by atoms with van der Waals surface area (Å²) in [6.07, 6.45) is 1.15. The molecule has 0 aliphatic heterocycles. The third-order valence-corrected chi connectivity index (χ3v) is 2.07. The molecule has 0 aromatic carbocycles. The molecule has 17 heavy (non-hydrogen) atoms. The average molecular weight is 237 g/mol. The zero-order valence-corrected chi connectivity index (χ0v) is 10.7. The van der Waals surface area contributed by atoms with Gasteiger partial charge in [-0.1, -0.05) is 6.07 Å². The molecule has 0 spiro atoms. The lowest BCUT2D eigenvalue weighted by molar-refractivity contribution is 0.0508. The molecule has 3 N–H and O–H groups in total. The first-order chi connectivity index (χ1) is 7.79. The fourth-order valence-electron chi connectivity index (χ4n) is 1.36. The van der Waals surface area contributed by atoms with Crippen molar-refractivity contribution in [1.82, 2.24) is 10.3 Å². The number of ether oxygens (including phenoxy) is 1. The SMILES string of the molecule is C[C@@H](NC(=O)OC(C)(C)C)c1cccnc1N. The molecule has 1 aromatic rings. The second-order valence-corrected chi connectivity index (χ2v) is 4.85. The van der Waals surface area contributed by atoms with Gasteiger partial charge in [0.2, 0.25) is 0 Å². The number of nitrogens with two attached hydrogens (primary N) is 1. The predicted octanol–water partition coefficient (Wildman–Crippen LogP) is 2.25. The number of hydrogen-bond acceptors (Lipinski definition) is 4. The summed E-state index contributed by atoms with van der Waals surface area (Å²) in [5.74, 6) is 0.413. The van der Waals surface area contributed by atoms with Crippen LogP contribution >= 0.6 is 0 Å². The van der Waals surface area contributed by atoms with Crippen molar-refractivity contribution in [3.8, 4) is 0 Å². The van der Waals surface area contributed by atoms with E-state index in [1.807, 2.05) is 33.8 Å². The number of nitrogens with one attached hydrogen (secondary N) is 1. The Morgan fingerprint density at radius 2 is 2.18 bits per heavy atom. The van der Waals surface area contributed by atoms with Gasteiger partial charge in [0.25, 0.3) is 0 Å². The first-order valence-electron chi connectivity index (χ1n) is 5.49. The van der Waals surface area contributed by atoms with Crippen molar-refractivity contribution in [2.75, 3.05) is 5.73 Å². The first kappa shape index (κ1) is 13.3. The third kappa shape index (κ3) is 4.30. The third-order valence-electron chi connectivity index (χ3n) is 2.07. The summed E-state index contributed by atoms with van der Waals surface area (Å²) in [7, 11) is 0. The molecule has 0 radical (unpaired) electrons. The zero-order chi connectivity index (χ0) is 13.1. The quantitative estimate of drug-likeness (QED) is 0.827. The molecule has 0 bridgehead atoms. The first-order valence-corrected chi connectivity index (χ1v) is 5.49. The maximum atomic E-state index is 11.6. The highest BCUT2D eigenvalue weighted by Gasteiger charge is 2.19. The lowest BCUT2D eigenvalue weighted by Gasteiger charge is -2.22. The molecule has 0 unspecified atom stereocenters. The summed E-state index contributed by atoms with van der Waals surface area (Å²) in [6.45, 7) is 7.28. The molecule has 1 rings (SSSR count). The van der Waals surface area contributed by atoms with E-state index in [9.17, 15) is 4.79 Å². The van der Waals surface area contributed by atoms with Crippen LogP contribution in [0.25, 0.3) is 0 Å². The fraction of sp³-hybridized carbons (Fsp3) is 0.500. The molecule has 0 fully saturated rings. The highest BCUT2D eigenvalue weighted by atomic mass is 16.6. The number of carbonyl (C=O) groups excluding carboxylic acids is 1. The number of nitrogens with zero attached hydrogens (tertiary/aromatic N) is 1. The molecule has 1 aromatic heterocycles. The van der Waals surface area contributed by atoms with Crippen molar-refractivity contribution in [3.05, 3.63) is 23.9 Å². The number of aromatic nitrogens is 1. The summed E-state index contributed by atoms with van der Waals surface area (Å²) in [5.41, 5.74) is 5.99.